The molecule has 2 aromatic heterocycles. The SMILES string of the molecule is O=C1NC[C@@]2(CCCN(C(=O)c3cn4ccsc4n3)C2)O1. The standard InChI is InChI=1S/C13H14N4O3S/c18-10(9-6-16-4-5-21-11(16)15-9)17-3-1-2-13(8-17)7-14-12(19)20-13/h4-6H,1-3,7-8H2,(H,14,19)/t13-/m1/s1. The molecule has 2 aliphatic rings. The molecule has 0 aromatic carbocycles. The van der Waals surface area contributed by atoms with Crippen LogP contribution in [0.1, 0.15) is 23.3 Å². The van der Waals surface area contributed by atoms with Gasteiger partial charge < -0.3 is 15.0 Å². The molecule has 21 heavy (non-hydrogen) atoms. The molecule has 0 aliphatic carbocycles. The Bertz CT molecular complexity index is 695. The van der Waals surface area contributed by atoms with Gasteiger partial charge in [0.2, 0.25) is 0 Å². The van der Waals surface area contributed by atoms with Crippen LogP contribution in [0, 0.1) is 0 Å². The molecule has 0 radical (unpaired) electrons. The first-order chi connectivity index (χ1) is 10.2. The molecule has 0 saturated carbocycles. The summed E-state index contributed by atoms with van der Waals surface area (Å²) in [5.74, 6) is -0.104. The van der Waals surface area contributed by atoms with Crippen molar-refractivity contribution < 1.29 is 14.3 Å². The molecule has 2 amide bonds. The van der Waals surface area contributed by atoms with Crippen molar-refractivity contribution in [3.05, 3.63) is 23.5 Å². The second-order valence-electron chi connectivity index (χ2n) is 5.48. The molecule has 1 spiro atoms. The maximum Gasteiger partial charge on any atom is 0.407 e. The van der Waals surface area contributed by atoms with Crippen molar-refractivity contribution in [1.29, 1.82) is 0 Å². The van der Waals surface area contributed by atoms with Crippen LogP contribution in [0.3, 0.4) is 0 Å². The average Bonchev–Trinajstić information content (AvgIpc) is 3.13. The number of likely N-dealkylation sites (tertiary alicyclic amines) is 1. The van der Waals surface area contributed by atoms with E-state index in [2.05, 4.69) is 10.3 Å². The number of piperidine rings is 1. The first-order valence-corrected chi connectivity index (χ1v) is 7.72. The summed E-state index contributed by atoms with van der Waals surface area (Å²) in [6.07, 6.45) is 4.83. The molecule has 4 rings (SSSR count). The highest BCUT2D eigenvalue weighted by Gasteiger charge is 2.45. The van der Waals surface area contributed by atoms with E-state index in [9.17, 15) is 9.59 Å². The number of aromatic nitrogens is 2. The van der Waals surface area contributed by atoms with E-state index in [1.165, 1.54) is 11.3 Å². The third-order valence-electron chi connectivity index (χ3n) is 4.00. The minimum Gasteiger partial charge on any atom is -0.439 e. The van der Waals surface area contributed by atoms with E-state index >= 15 is 0 Å². The molecule has 8 heteroatoms. The number of thiazole rings is 1. The molecule has 7 nitrogen and oxygen atoms in total. The van der Waals surface area contributed by atoms with E-state index in [-0.39, 0.29) is 5.91 Å². The minimum absolute atomic E-state index is 0.104. The third kappa shape index (κ3) is 2.06. The Morgan fingerprint density at radius 3 is 3.19 bits per heavy atom. The van der Waals surface area contributed by atoms with Gasteiger partial charge in [-0.2, -0.15) is 0 Å². The topological polar surface area (TPSA) is 75.9 Å². The van der Waals surface area contributed by atoms with E-state index in [1.54, 1.807) is 11.1 Å². The highest BCUT2D eigenvalue weighted by atomic mass is 32.1. The van der Waals surface area contributed by atoms with Crippen LogP contribution in [0.5, 0.6) is 0 Å². The maximum atomic E-state index is 12.6. The first-order valence-electron chi connectivity index (χ1n) is 6.84. The van der Waals surface area contributed by atoms with Crippen LogP contribution in [0.2, 0.25) is 0 Å². The lowest BCUT2D eigenvalue weighted by atomic mass is 9.93. The summed E-state index contributed by atoms with van der Waals surface area (Å²) in [6, 6.07) is 0. The maximum absolute atomic E-state index is 12.6. The van der Waals surface area contributed by atoms with E-state index in [0.29, 0.717) is 25.3 Å². The monoisotopic (exact) mass is 306 g/mol. The van der Waals surface area contributed by atoms with Crippen molar-refractivity contribution in [3.8, 4) is 0 Å². The normalized spacial score (nSPS) is 25.3. The summed E-state index contributed by atoms with van der Waals surface area (Å²) < 4.78 is 7.22. The van der Waals surface area contributed by atoms with E-state index in [0.717, 1.165) is 17.8 Å². The highest BCUT2D eigenvalue weighted by molar-refractivity contribution is 7.15. The molecule has 1 atom stereocenters. The van der Waals surface area contributed by atoms with E-state index < -0.39 is 11.7 Å². The van der Waals surface area contributed by atoms with E-state index in [4.69, 9.17) is 4.74 Å². The summed E-state index contributed by atoms with van der Waals surface area (Å²) >= 11 is 1.49. The smallest absolute Gasteiger partial charge is 0.407 e. The fraction of sp³-hybridized carbons (Fsp3) is 0.462. The number of amides is 2. The Morgan fingerprint density at radius 2 is 2.43 bits per heavy atom. The predicted octanol–water partition coefficient (Wildman–Crippen LogP) is 1.11. The number of nitrogens with zero attached hydrogens (tertiary/aromatic N) is 3. The molecular weight excluding hydrogens is 292 g/mol. The number of alkyl carbamates (subject to hydrolysis) is 1. The Balaban J connectivity index is 1.56. The molecule has 0 unspecified atom stereocenters. The van der Waals surface area contributed by atoms with Gasteiger partial charge >= 0.3 is 6.09 Å². The third-order valence-corrected chi connectivity index (χ3v) is 4.77. The molecule has 2 aromatic rings. The van der Waals surface area contributed by atoms with Crippen molar-refractivity contribution in [2.45, 2.75) is 18.4 Å². The highest BCUT2D eigenvalue weighted by Crippen LogP contribution is 2.29. The molecule has 1 N–H and O–H groups in total. The summed E-state index contributed by atoms with van der Waals surface area (Å²) in [5.41, 5.74) is -0.126. The van der Waals surface area contributed by atoms with Gasteiger partial charge in [0.25, 0.3) is 5.91 Å². The van der Waals surface area contributed by atoms with Crippen LogP contribution in [0.4, 0.5) is 4.79 Å². The lowest BCUT2D eigenvalue weighted by molar-refractivity contribution is -0.00521. The van der Waals surface area contributed by atoms with Gasteiger partial charge in [-0.05, 0) is 12.8 Å². The van der Waals surface area contributed by atoms with Crippen molar-refractivity contribution in [1.82, 2.24) is 19.6 Å². The quantitative estimate of drug-likeness (QED) is 0.856. The number of hydrogen-bond donors (Lipinski definition) is 1. The van der Waals surface area contributed by atoms with Gasteiger partial charge in [0.05, 0.1) is 13.1 Å². The Labute approximate surface area is 124 Å². The molecule has 110 valence electrons. The second-order valence-corrected chi connectivity index (χ2v) is 6.35. The van der Waals surface area contributed by atoms with Crippen LogP contribution < -0.4 is 5.32 Å². The molecule has 2 saturated heterocycles. The first kappa shape index (κ1) is 12.6. The van der Waals surface area contributed by atoms with Gasteiger partial charge in [0.1, 0.15) is 11.3 Å². The minimum atomic E-state index is -0.567. The van der Waals surface area contributed by atoms with Gasteiger partial charge in [-0.25, -0.2) is 9.78 Å². The van der Waals surface area contributed by atoms with Crippen LogP contribution in [-0.2, 0) is 4.74 Å². The summed E-state index contributed by atoms with van der Waals surface area (Å²) in [5, 5.41) is 4.61. The number of hydrogen-bond acceptors (Lipinski definition) is 5. The van der Waals surface area contributed by atoms with Crippen LogP contribution in [0.25, 0.3) is 4.96 Å². The number of carbonyl (C=O) groups excluding carboxylic acids is 2. The number of carbonyl (C=O) groups is 2. The van der Waals surface area contributed by atoms with Gasteiger partial charge in [-0.1, -0.05) is 0 Å². The lowest BCUT2D eigenvalue weighted by Gasteiger charge is -2.37. The number of imidazole rings is 1. The molecule has 2 fully saturated rings. The van der Waals surface area contributed by atoms with E-state index in [1.807, 2.05) is 16.0 Å². The van der Waals surface area contributed by atoms with Gasteiger partial charge in [-0.15, -0.1) is 11.3 Å². The largest absolute Gasteiger partial charge is 0.439 e. The number of nitrogens with one attached hydrogen (secondary N) is 1. The summed E-state index contributed by atoms with van der Waals surface area (Å²) in [6.45, 7) is 1.56. The lowest BCUT2D eigenvalue weighted by Crippen LogP contribution is -2.52. The van der Waals surface area contributed by atoms with Crippen molar-refractivity contribution in [2.24, 2.45) is 0 Å². The van der Waals surface area contributed by atoms with Gasteiger partial charge in [0.15, 0.2) is 4.96 Å². The number of ether oxygens (including phenoxy) is 1. The van der Waals surface area contributed by atoms with Crippen molar-refractivity contribution in [2.75, 3.05) is 19.6 Å². The Hall–Kier alpha value is -2.09. The van der Waals surface area contributed by atoms with Crippen LogP contribution >= 0.6 is 11.3 Å². The predicted molar refractivity (Wildman–Crippen MR) is 75.4 cm³/mol. The zero-order chi connectivity index (χ0) is 14.4. The summed E-state index contributed by atoms with van der Waals surface area (Å²) in [7, 11) is 0. The molecule has 2 aliphatic heterocycles. The number of rotatable bonds is 1. The Morgan fingerprint density at radius 1 is 1.52 bits per heavy atom. The van der Waals surface area contributed by atoms with Gasteiger partial charge in [-0.3, -0.25) is 9.20 Å². The molecular formula is C13H14N4O3S. The molecule has 0 bridgehead atoms. The molecule has 4 heterocycles. The van der Waals surface area contributed by atoms with Gasteiger partial charge in [0, 0.05) is 24.3 Å². The fourth-order valence-corrected chi connectivity index (χ4v) is 3.69. The fourth-order valence-electron chi connectivity index (χ4n) is 2.99. The van der Waals surface area contributed by atoms with Crippen LogP contribution in [0.15, 0.2) is 17.8 Å². The summed E-state index contributed by atoms with van der Waals surface area (Å²) in [4.78, 5) is 30.8. The average molecular weight is 306 g/mol. The van der Waals surface area contributed by atoms with Crippen LogP contribution in [-0.4, -0.2) is 51.5 Å². The van der Waals surface area contributed by atoms with Crippen molar-refractivity contribution in [3.63, 3.8) is 0 Å². The van der Waals surface area contributed by atoms with Crippen molar-refractivity contribution >= 4 is 28.3 Å². The zero-order valence-corrected chi connectivity index (χ0v) is 12.1. The second kappa shape index (κ2) is 4.45. The number of fused-ring (bicyclic) bond motifs is 1. The Kier molecular flexibility index (Phi) is 2.68. The zero-order valence-electron chi connectivity index (χ0n) is 11.2.